The number of carbonyl (C=O) groups excluding carboxylic acids is 2. The fourth-order valence-corrected chi connectivity index (χ4v) is 2.46. The number of carbonyl (C=O) groups is 2. The van der Waals surface area contributed by atoms with E-state index in [-0.39, 0.29) is 24.4 Å². The van der Waals surface area contributed by atoms with E-state index >= 15 is 0 Å². The Morgan fingerprint density at radius 3 is 3.06 bits per heavy atom. The molecule has 0 saturated carbocycles. The predicted molar refractivity (Wildman–Crippen MR) is 64.6 cm³/mol. The Labute approximate surface area is 104 Å². The van der Waals surface area contributed by atoms with Gasteiger partial charge in [-0.3, -0.25) is 9.59 Å². The molecule has 2 rings (SSSR count). The molecule has 0 radical (unpaired) electrons. The van der Waals surface area contributed by atoms with Crippen LogP contribution in [0.3, 0.4) is 0 Å². The van der Waals surface area contributed by atoms with Crippen molar-refractivity contribution in [3.8, 4) is 0 Å². The molecule has 6 heteroatoms. The minimum absolute atomic E-state index is 0.0173. The summed E-state index contributed by atoms with van der Waals surface area (Å²) >= 11 is 1.57. The molecule has 1 aliphatic rings. The maximum Gasteiger partial charge on any atom is 0.245 e. The Morgan fingerprint density at radius 1 is 1.59 bits per heavy atom. The van der Waals surface area contributed by atoms with Gasteiger partial charge in [0.15, 0.2) is 0 Å². The highest BCUT2D eigenvalue weighted by atomic mass is 32.1. The first-order chi connectivity index (χ1) is 8.20. The monoisotopic (exact) mass is 253 g/mol. The van der Waals surface area contributed by atoms with Crippen LogP contribution in [0.25, 0.3) is 0 Å². The molecule has 0 aliphatic carbocycles. The summed E-state index contributed by atoms with van der Waals surface area (Å²) in [4.78, 5) is 29.2. The molecular formula is C11H15N3O2S. The molecule has 5 nitrogen and oxygen atoms in total. The molecule has 1 aliphatic heterocycles. The second kappa shape index (κ2) is 5.27. The topological polar surface area (TPSA) is 62.3 Å². The van der Waals surface area contributed by atoms with E-state index in [1.165, 1.54) is 0 Å². The Bertz CT molecular complexity index is 405. The summed E-state index contributed by atoms with van der Waals surface area (Å²) in [6, 6.07) is -0.354. The van der Waals surface area contributed by atoms with Crippen molar-refractivity contribution in [3.05, 3.63) is 16.6 Å². The van der Waals surface area contributed by atoms with Gasteiger partial charge in [0.2, 0.25) is 11.8 Å². The van der Waals surface area contributed by atoms with Gasteiger partial charge in [-0.2, -0.15) is 0 Å². The number of hydrogen-bond acceptors (Lipinski definition) is 4. The first-order valence-electron chi connectivity index (χ1n) is 5.67. The van der Waals surface area contributed by atoms with Gasteiger partial charge in [-0.15, -0.1) is 11.3 Å². The fourth-order valence-electron chi connectivity index (χ4n) is 1.85. The lowest BCUT2D eigenvalue weighted by Gasteiger charge is -2.31. The normalized spacial score (nSPS) is 20.5. The molecule has 1 aromatic heterocycles. The van der Waals surface area contributed by atoms with Crippen LogP contribution in [0.1, 0.15) is 18.4 Å². The van der Waals surface area contributed by atoms with Gasteiger partial charge in [-0.05, 0) is 6.42 Å². The predicted octanol–water partition coefficient (Wildman–Crippen LogP) is 0.423. The number of nitrogens with one attached hydrogen (secondary N) is 1. The van der Waals surface area contributed by atoms with E-state index in [1.807, 2.05) is 12.3 Å². The van der Waals surface area contributed by atoms with Crippen LogP contribution in [0.15, 0.2) is 11.6 Å². The molecule has 1 aromatic rings. The number of piperazine rings is 1. The third-order valence-corrected chi connectivity index (χ3v) is 3.61. The molecule has 2 heterocycles. The van der Waals surface area contributed by atoms with E-state index in [2.05, 4.69) is 10.3 Å². The number of nitrogens with zero attached hydrogens (tertiary/aromatic N) is 2. The first kappa shape index (κ1) is 12.0. The van der Waals surface area contributed by atoms with Gasteiger partial charge in [-0.25, -0.2) is 4.98 Å². The van der Waals surface area contributed by atoms with Gasteiger partial charge in [-0.1, -0.05) is 6.92 Å². The lowest BCUT2D eigenvalue weighted by molar-refractivity contribution is -0.144. The Balaban J connectivity index is 1.94. The summed E-state index contributed by atoms with van der Waals surface area (Å²) in [7, 11) is 0. The number of amides is 2. The summed E-state index contributed by atoms with van der Waals surface area (Å²) in [5.74, 6) is -0.0563. The first-order valence-corrected chi connectivity index (χ1v) is 6.55. The molecular weight excluding hydrogens is 238 g/mol. The molecule has 1 fully saturated rings. The summed E-state index contributed by atoms with van der Waals surface area (Å²) in [5, 5.41) is 5.60. The number of rotatable bonds is 4. The number of thiazole rings is 1. The lowest BCUT2D eigenvalue weighted by atomic mass is 10.1. The van der Waals surface area contributed by atoms with Gasteiger partial charge in [0.25, 0.3) is 0 Å². The standard InChI is InChI=1S/C11H15N3O2S/c1-2-8-11(16)14(7-9(15)13-8)5-3-10-12-4-6-17-10/h4,6,8H,2-3,5,7H2,1H3,(H,13,15). The third kappa shape index (κ3) is 2.82. The van der Waals surface area contributed by atoms with Gasteiger partial charge in [0.1, 0.15) is 6.04 Å². The van der Waals surface area contributed by atoms with Crippen LogP contribution in [0, 0.1) is 0 Å². The van der Waals surface area contributed by atoms with Crippen molar-refractivity contribution in [2.75, 3.05) is 13.1 Å². The molecule has 1 saturated heterocycles. The van der Waals surface area contributed by atoms with E-state index in [1.54, 1.807) is 22.4 Å². The zero-order valence-electron chi connectivity index (χ0n) is 9.68. The van der Waals surface area contributed by atoms with Crippen molar-refractivity contribution in [3.63, 3.8) is 0 Å². The molecule has 0 aromatic carbocycles. The van der Waals surface area contributed by atoms with E-state index in [4.69, 9.17) is 0 Å². The minimum Gasteiger partial charge on any atom is -0.343 e. The maximum absolute atomic E-state index is 12.0. The summed E-state index contributed by atoms with van der Waals surface area (Å²) in [5.41, 5.74) is 0. The van der Waals surface area contributed by atoms with Crippen LogP contribution < -0.4 is 5.32 Å². The Morgan fingerprint density at radius 2 is 2.41 bits per heavy atom. The highest BCUT2D eigenvalue weighted by Gasteiger charge is 2.30. The van der Waals surface area contributed by atoms with Crippen molar-refractivity contribution in [2.45, 2.75) is 25.8 Å². The molecule has 0 bridgehead atoms. The van der Waals surface area contributed by atoms with Crippen LogP contribution in [-0.2, 0) is 16.0 Å². The van der Waals surface area contributed by atoms with Crippen LogP contribution in [-0.4, -0.2) is 40.8 Å². The zero-order chi connectivity index (χ0) is 12.3. The van der Waals surface area contributed by atoms with Crippen LogP contribution >= 0.6 is 11.3 Å². The van der Waals surface area contributed by atoms with Gasteiger partial charge in [0, 0.05) is 24.5 Å². The average Bonchev–Trinajstić information content (AvgIpc) is 2.82. The quantitative estimate of drug-likeness (QED) is 0.846. The van der Waals surface area contributed by atoms with Crippen LogP contribution in [0.5, 0.6) is 0 Å². The highest BCUT2D eigenvalue weighted by Crippen LogP contribution is 2.09. The van der Waals surface area contributed by atoms with E-state index in [0.29, 0.717) is 19.4 Å². The average molecular weight is 253 g/mol. The van der Waals surface area contributed by atoms with E-state index in [0.717, 1.165) is 5.01 Å². The second-order valence-corrected chi connectivity index (χ2v) is 4.94. The molecule has 1 atom stereocenters. The maximum atomic E-state index is 12.0. The summed E-state index contributed by atoms with van der Waals surface area (Å²) in [6.45, 7) is 2.63. The highest BCUT2D eigenvalue weighted by molar-refractivity contribution is 7.09. The van der Waals surface area contributed by atoms with Crippen molar-refractivity contribution >= 4 is 23.2 Å². The molecule has 0 spiro atoms. The van der Waals surface area contributed by atoms with Crippen LogP contribution in [0.4, 0.5) is 0 Å². The van der Waals surface area contributed by atoms with Crippen LogP contribution in [0.2, 0.25) is 0 Å². The Hall–Kier alpha value is -1.43. The van der Waals surface area contributed by atoms with Crippen molar-refractivity contribution in [2.24, 2.45) is 0 Å². The smallest absolute Gasteiger partial charge is 0.245 e. The Kier molecular flexibility index (Phi) is 3.73. The third-order valence-electron chi connectivity index (χ3n) is 2.77. The molecule has 1 N–H and O–H groups in total. The molecule has 17 heavy (non-hydrogen) atoms. The van der Waals surface area contributed by atoms with Gasteiger partial charge in [0.05, 0.1) is 11.6 Å². The largest absolute Gasteiger partial charge is 0.343 e. The lowest BCUT2D eigenvalue weighted by Crippen LogP contribution is -2.58. The SMILES string of the molecule is CCC1NC(=O)CN(CCc2nccs2)C1=O. The van der Waals surface area contributed by atoms with Crippen molar-refractivity contribution < 1.29 is 9.59 Å². The van der Waals surface area contributed by atoms with Crippen molar-refractivity contribution in [1.29, 1.82) is 0 Å². The molecule has 1 unspecified atom stereocenters. The van der Waals surface area contributed by atoms with Crippen molar-refractivity contribution in [1.82, 2.24) is 15.2 Å². The second-order valence-electron chi connectivity index (χ2n) is 3.96. The van der Waals surface area contributed by atoms with Gasteiger partial charge < -0.3 is 10.2 Å². The number of aromatic nitrogens is 1. The molecule has 2 amide bonds. The summed E-state index contributed by atoms with van der Waals surface area (Å²) < 4.78 is 0. The summed E-state index contributed by atoms with van der Waals surface area (Å²) in [6.07, 6.45) is 3.10. The van der Waals surface area contributed by atoms with E-state index in [9.17, 15) is 9.59 Å². The van der Waals surface area contributed by atoms with E-state index < -0.39 is 0 Å². The minimum atomic E-state index is -0.354. The molecule has 92 valence electrons. The van der Waals surface area contributed by atoms with Gasteiger partial charge >= 0.3 is 0 Å². The zero-order valence-corrected chi connectivity index (χ0v) is 10.5. The number of hydrogen-bond donors (Lipinski definition) is 1. The fraction of sp³-hybridized carbons (Fsp3) is 0.545.